The van der Waals surface area contributed by atoms with Crippen molar-refractivity contribution in [3.05, 3.63) is 0 Å². The van der Waals surface area contributed by atoms with Crippen molar-refractivity contribution in [2.75, 3.05) is 6.61 Å². The summed E-state index contributed by atoms with van der Waals surface area (Å²) in [6.45, 7) is 6.27. The summed E-state index contributed by atoms with van der Waals surface area (Å²) in [5, 5.41) is 9.43. The van der Waals surface area contributed by atoms with Crippen LogP contribution in [0.1, 0.15) is 52.9 Å². The summed E-state index contributed by atoms with van der Waals surface area (Å²) < 4.78 is 5.53. The first-order chi connectivity index (χ1) is 8.49. The van der Waals surface area contributed by atoms with Crippen LogP contribution in [0.4, 0.5) is 0 Å². The Morgan fingerprint density at radius 3 is 2.78 bits per heavy atom. The van der Waals surface area contributed by atoms with Crippen LogP contribution in [0.15, 0.2) is 0 Å². The van der Waals surface area contributed by atoms with Crippen LogP contribution in [0, 0.1) is 23.2 Å². The Kier molecular flexibility index (Phi) is 4.00. The number of fused-ring (bicyclic) bond motifs is 1. The fourth-order valence-corrected chi connectivity index (χ4v) is 4.58. The van der Waals surface area contributed by atoms with Gasteiger partial charge in [0.25, 0.3) is 0 Å². The molecular weight excluding hydrogens is 228 g/mol. The van der Waals surface area contributed by atoms with E-state index in [1.807, 2.05) is 0 Å². The number of carbonyl (C=O) groups is 1. The minimum absolute atomic E-state index is 0.108. The van der Waals surface area contributed by atoms with Crippen molar-refractivity contribution in [3.8, 4) is 0 Å². The van der Waals surface area contributed by atoms with Crippen molar-refractivity contribution in [1.82, 2.24) is 0 Å². The van der Waals surface area contributed by atoms with Crippen LogP contribution in [0.3, 0.4) is 0 Å². The van der Waals surface area contributed by atoms with Gasteiger partial charge in [-0.15, -0.1) is 0 Å². The van der Waals surface area contributed by atoms with E-state index in [0.717, 1.165) is 19.3 Å². The van der Waals surface area contributed by atoms with Crippen molar-refractivity contribution in [2.45, 2.75) is 59.0 Å². The van der Waals surface area contributed by atoms with Crippen LogP contribution in [0.2, 0.25) is 0 Å². The molecule has 0 saturated heterocycles. The highest BCUT2D eigenvalue weighted by atomic mass is 16.5. The van der Waals surface area contributed by atoms with Crippen LogP contribution >= 0.6 is 0 Å². The van der Waals surface area contributed by atoms with Crippen molar-refractivity contribution >= 4 is 5.97 Å². The predicted octanol–water partition coefficient (Wildman–Crippen LogP) is 2.76. The van der Waals surface area contributed by atoms with Crippen LogP contribution < -0.4 is 0 Å². The normalized spacial score (nSPS) is 41.2. The number of hydrogen-bond donors (Lipinski definition) is 1. The van der Waals surface area contributed by atoms with E-state index in [9.17, 15) is 9.90 Å². The lowest BCUT2D eigenvalue weighted by atomic mass is 9.62. The van der Waals surface area contributed by atoms with Gasteiger partial charge in [-0.1, -0.05) is 13.8 Å². The first-order valence-electron chi connectivity index (χ1n) is 7.27. The highest BCUT2D eigenvalue weighted by Gasteiger charge is 2.53. The Bertz CT molecular complexity index is 315. The summed E-state index contributed by atoms with van der Waals surface area (Å²) in [6, 6.07) is 0. The Morgan fingerprint density at radius 2 is 2.17 bits per heavy atom. The minimum atomic E-state index is -0.150. The van der Waals surface area contributed by atoms with Gasteiger partial charge in [0.05, 0.1) is 0 Å². The van der Waals surface area contributed by atoms with E-state index in [-0.39, 0.29) is 24.1 Å². The van der Waals surface area contributed by atoms with Gasteiger partial charge in [0.15, 0.2) is 0 Å². The SMILES string of the molecule is CC(=O)O[C@H]1CCC[C@]2(C)C([C@H](C)CO)CCC12. The summed E-state index contributed by atoms with van der Waals surface area (Å²) >= 11 is 0. The van der Waals surface area contributed by atoms with E-state index in [4.69, 9.17) is 4.74 Å². The third kappa shape index (κ3) is 2.29. The molecule has 2 rings (SSSR count). The zero-order chi connectivity index (χ0) is 13.3. The van der Waals surface area contributed by atoms with Crippen molar-refractivity contribution < 1.29 is 14.6 Å². The molecule has 2 aliphatic carbocycles. The highest BCUT2D eigenvalue weighted by Crippen LogP contribution is 2.58. The fourth-order valence-electron chi connectivity index (χ4n) is 4.58. The Balaban J connectivity index is 2.15. The number of carbonyl (C=O) groups excluding carboxylic acids is 1. The van der Waals surface area contributed by atoms with Gasteiger partial charge in [-0.05, 0) is 49.4 Å². The lowest BCUT2D eigenvalue weighted by Crippen LogP contribution is -2.43. The van der Waals surface area contributed by atoms with Gasteiger partial charge in [-0.25, -0.2) is 0 Å². The van der Waals surface area contributed by atoms with Crippen molar-refractivity contribution in [1.29, 1.82) is 0 Å². The molecular formula is C15H26O3. The fraction of sp³-hybridized carbons (Fsp3) is 0.933. The van der Waals surface area contributed by atoms with E-state index in [2.05, 4.69) is 13.8 Å². The van der Waals surface area contributed by atoms with Crippen LogP contribution in [0.5, 0.6) is 0 Å². The molecule has 2 fully saturated rings. The van der Waals surface area contributed by atoms with Gasteiger partial charge in [0.2, 0.25) is 0 Å². The molecule has 0 spiro atoms. The average molecular weight is 254 g/mol. The molecule has 1 N–H and O–H groups in total. The summed E-state index contributed by atoms with van der Waals surface area (Å²) in [7, 11) is 0. The van der Waals surface area contributed by atoms with Gasteiger partial charge >= 0.3 is 5.97 Å². The molecule has 0 radical (unpaired) electrons. The standard InChI is InChI=1S/C15H26O3/c1-10(9-16)12-6-7-13-14(18-11(2)17)5-4-8-15(12,13)3/h10,12-14,16H,4-9H2,1-3H3/t10-,12?,13?,14+,15-/m1/s1. The molecule has 2 saturated carbocycles. The first kappa shape index (κ1) is 13.9. The van der Waals surface area contributed by atoms with Gasteiger partial charge in [-0.2, -0.15) is 0 Å². The molecule has 18 heavy (non-hydrogen) atoms. The largest absolute Gasteiger partial charge is 0.462 e. The number of aliphatic hydroxyl groups is 1. The number of rotatable bonds is 3. The topological polar surface area (TPSA) is 46.5 Å². The zero-order valence-electron chi connectivity index (χ0n) is 11.8. The van der Waals surface area contributed by atoms with Gasteiger partial charge in [0, 0.05) is 19.4 Å². The maximum Gasteiger partial charge on any atom is 0.302 e. The zero-order valence-corrected chi connectivity index (χ0v) is 11.8. The summed E-state index contributed by atoms with van der Waals surface area (Å²) in [6.07, 6.45) is 5.78. The summed E-state index contributed by atoms with van der Waals surface area (Å²) in [4.78, 5) is 11.2. The second kappa shape index (κ2) is 5.20. The monoisotopic (exact) mass is 254 g/mol. The first-order valence-corrected chi connectivity index (χ1v) is 7.27. The maximum atomic E-state index is 11.2. The molecule has 0 amide bonds. The van der Waals surface area contributed by atoms with E-state index < -0.39 is 0 Å². The second-order valence-electron chi connectivity index (χ2n) is 6.50. The van der Waals surface area contributed by atoms with Gasteiger partial charge in [-0.3, -0.25) is 4.79 Å². The van der Waals surface area contributed by atoms with E-state index in [1.54, 1.807) is 0 Å². The predicted molar refractivity (Wildman–Crippen MR) is 70.0 cm³/mol. The number of hydrogen-bond acceptors (Lipinski definition) is 3. The molecule has 2 unspecified atom stereocenters. The Hall–Kier alpha value is -0.570. The highest BCUT2D eigenvalue weighted by molar-refractivity contribution is 5.66. The van der Waals surface area contributed by atoms with E-state index in [0.29, 0.717) is 17.8 Å². The number of aliphatic hydroxyl groups excluding tert-OH is 1. The van der Waals surface area contributed by atoms with Gasteiger partial charge in [0.1, 0.15) is 6.10 Å². The van der Waals surface area contributed by atoms with E-state index >= 15 is 0 Å². The lowest BCUT2D eigenvalue weighted by Gasteiger charge is -2.45. The second-order valence-corrected chi connectivity index (χ2v) is 6.50. The molecule has 0 bridgehead atoms. The number of ether oxygens (including phenoxy) is 1. The third-order valence-electron chi connectivity index (χ3n) is 5.43. The molecule has 104 valence electrons. The summed E-state index contributed by atoms with van der Waals surface area (Å²) in [5.41, 5.74) is 0.251. The molecule has 0 aromatic rings. The Labute approximate surface area is 110 Å². The van der Waals surface area contributed by atoms with E-state index in [1.165, 1.54) is 19.8 Å². The molecule has 0 heterocycles. The van der Waals surface area contributed by atoms with Crippen LogP contribution in [-0.4, -0.2) is 23.8 Å². The lowest BCUT2D eigenvalue weighted by molar-refractivity contribution is -0.155. The van der Waals surface area contributed by atoms with Gasteiger partial charge < -0.3 is 9.84 Å². The molecule has 3 nitrogen and oxygen atoms in total. The van der Waals surface area contributed by atoms with Crippen molar-refractivity contribution in [2.24, 2.45) is 23.2 Å². The molecule has 2 aliphatic rings. The molecule has 0 aliphatic heterocycles. The Morgan fingerprint density at radius 1 is 1.44 bits per heavy atom. The van der Waals surface area contributed by atoms with Crippen molar-refractivity contribution in [3.63, 3.8) is 0 Å². The molecule has 3 heteroatoms. The molecule has 0 aromatic carbocycles. The minimum Gasteiger partial charge on any atom is -0.462 e. The average Bonchev–Trinajstić information content (AvgIpc) is 2.66. The molecule has 0 aromatic heterocycles. The summed E-state index contributed by atoms with van der Waals surface area (Å²) in [5.74, 6) is 1.28. The quantitative estimate of drug-likeness (QED) is 0.788. The smallest absolute Gasteiger partial charge is 0.302 e. The van der Waals surface area contributed by atoms with Crippen LogP contribution in [-0.2, 0) is 9.53 Å². The van der Waals surface area contributed by atoms with Crippen LogP contribution in [0.25, 0.3) is 0 Å². The molecule has 5 atom stereocenters. The number of esters is 1. The maximum absolute atomic E-state index is 11.2. The third-order valence-corrected chi connectivity index (χ3v) is 5.43.